The molecule has 0 aliphatic carbocycles. The minimum atomic E-state index is -1.63. The Morgan fingerprint density at radius 2 is 1.10 bits per heavy atom. The van der Waals surface area contributed by atoms with Gasteiger partial charge in [0.25, 0.3) is 0 Å². The van der Waals surface area contributed by atoms with Gasteiger partial charge in [0, 0.05) is 11.1 Å². The van der Waals surface area contributed by atoms with Crippen LogP contribution < -0.4 is 15.2 Å². The van der Waals surface area contributed by atoms with E-state index in [1.165, 1.54) is 0 Å². The van der Waals surface area contributed by atoms with Crippen molar-refractivity contribution in [2.24, 2.45) is 5.73 Å². The average Bonchev–Trinajstić information content (AvgIpc) is 2.92. The largest absolute Gasteiger partial charge is 0.493 e. The Kier molecular flexibility index (Phi) is 10.5. The van der Waals surface area contributed by atoms with Gasteiger partial charge in [-0.15, -0.1) is 0 Å². The highest BCUT2D eigenvalue weighted by molar-refractivity contribution is 5.55. The molecular weight excluding hydrogens is 494 g/mol. The Bertz CT molecular complexity index is 1150. The van der Waals surface area contributed by atoms with Crippen LogP contribution >= 0.6 is 0 Å². The number of hydrogen-bond acceptors (Lipinski definition) is 4. The fourth-order valence-corrected chi connectivity index (χ4v) is 4.88. The molecule has 1 unspecified atom stereocenters. The molecule has 4 nitrogen and oxygen atoms in total. The van der Waals surface area contributed by atoms with Gasteiger partial charge in [-0.05, 0) is 64.6 Å². The third-order valence-electron chi connectivity index (χ3n) is 7.63. The molecule has 0 saturated heterocycles. The van der Waals surface area contributed by atoms with Crippen LogP contribution in [0.1, 0.15) is 115 Å². The molecule has 0 amide bonds. The molecule has 3 aromatic carbocycles. The number of rotatable bonds is 12. The summed E-state index contributed by atoms with van der Waals surface area (Å²) in [6.45, 7) is 18.5. The SMILES string of the molecule is CCCCOc1ccc(C(C)(C)C)cc1C(O)(c1cc(C(C)(C)C)ccc1OCCCC)C(N)c1ccccc1. The Balaban J connectivity index is 2.40. The lowest BCUT2D eigenvalue weighted by Crippen LogP contribution is -2.41. The van der Waals surface area contributed by atoms with Crippen molar-refractivity contribution in [3.8, 4) is 11.5 Å². The Labute approximate surface area is 242 Å². The summed E-state index contributed by atoms with van der Waals surface area (Å²) in [5.74, 6) is 1.30. The van der Waals surface area contributed by atoms with Crippen LogP contribution in [0.25, 0.3) is 0 Å². The number of nitrogens with two attached hydrogens (primary N) is 1. The van der Waals surface area contributed by atoms with Crippen LogP contribution in [-0.2, 0) is 16.4 Å². The lowest BCUT2D eigenvalue weighted by Gasteiger charge is -2.39. The van der Waals surface area contributed by atoms with Crippen molar-refractivity contribution in [2.45, 2.75) is 104 Å². The van der Waals surface area contributed by atoms with Gasteiger partial charge in [0.15, 0.2) is 0 Å². The predicted octanol–water partition coefficient (Wildman–Crippen LogP) is 8.58. The lowest BCUT2D eigenvalue weighted by atomic mass is 9.73. The van der Waals surface area contributed by atoms with E-state index in [1.54, 1.807) is 0 Å². The van der Waals surface area contributed by atoms with Gasteiger partial charge in [0.2, 0.25) is 0 Å². The van der Waals surface area contributed by atoms with Gasteiger partial charge in [-0.1, -0.05) is 111 Å². The van der Waals surface area contributed by atoms with Gasteiger partial charge in [0.1, 0.15) is 17.1 Å². The summed E-state index contributed by atoms with van der Waals surface area (Å²) >= 11 is 0. The molecule has 0 aliphatic heterocycles. The van der Waals surface area contributed by atoms with Crippen molar-refractivity contribution in [2.75, 3.05) is 13.2 Å². The Hall–Kier alpha value is -2.82. The third-order valence-corrected chi connectivity index (χ3v) is 7.63. The first-order valence-electron chi connectivity index (χ1n) is 14.9. The summed E-state index contributed by atoms with van der Waals surface area (Å²) in [7, 11) is 0. The van der Waals surface area contributed by atoms with Crippen LogP contribution in [0.15, 0.2) is 66.7 Å². The molecule has 0 bridgehead atoms. The highest BCUT2D eigenvalue weighted by Gasteiger charge is 2.44. The first kappa shape index (κ1) is 31.7. The molecule has 3 aromatic rings. The molecule has 0 spiro atoms. The molecule has 3 rings (SSSR count). The normalized spacial score (nSPS) is 13.2. The lowest BCUT2D eigenvalue weighted by molar-refractivity contribution is 0.0445. The molecule has 1 atom stereocenters. The summed E-state index contributed by atoms with van der Waals surface area (Å²) < 4.78 is 12.8. The van der Waals surface area contributed by atoms with Crippen LogP contribution in [0.5, 0.6) is 11.5 Å². The molecule has 0 saturated carbocycles. The molecule has 0 fully saturated rings. The number of benzene rings is 3. The van der Waals surface area contributed by atoms with Crippen LogP contribution in [0, 0.1) is 0 Å². The summed E-state index contributed by atoms with van der Waals surface area (Å²) in [5, 5.41) is 13.2. The van der Waals surface area contributed by atoms with Crippen LogP contribution in [0.4, 0.5) is 0 Å². The second kappa shape index (κ2) is 13.2. The van der Waals surface area contributed by atoms with E-state index in [9.17, 15) is 5.11 Å². The van der Waals surface area contributed by atoms with Gasteiger partial charge in [-0.2, -0.15) is 0 Å². The van der Waals surface area contributed by atoms with E-state index >= 15 is 0 Å². The van der Waals surface area contributed by atoms with Gasteiger partial charge >= 0.3 is 0 Å². The second-order valence-electron chi connectivity index (χ2n) is 13.0. The zero-order valence-electron chi connectivity index (χ0n) is 26.0. The fraction of sp³-hybridized carbons (Fsp3) is 0.500. The van der Waals surface area contributed by atoms with Gasteiger partial charge in [-0.25, -0.2) is 0 Å². The fourth-order valence-electron chi connectivity index (χ4n) is 4.88. The maximum Gasteiger partial charge on any atom is 0.141 e. The number of aliphatic hydroxyl groups is 1. The minimum absolute atomic E-state index is 0.137. The molecule has 3 N–H and O–H groups in total. The molecule has 0 aromatic heterocycles. The van der Waals surface area contributed by atoms with E-state index in [2.05, 4.69) is 79.7 Å². The predicted molar refractivity (Wildman–Crippen MR) is 167 cm³/mol. The number of unbranched alkanes of at least 4 members (excludes halogenated alkanes) is 2. The standard InChI is InChI=1S/C36H51NO3/c1-9-11-22-39-31-20-18-27(34(3,4)5)24-29(31)36(38,33(37)26-16-14-13-15-17-26)30-25-28(35(6,7)8)19-21-32(30)40-23-12-10-2/h13-21,24-25,33,38H,9-12,22-23,37H2,1-8H3. The minimum Gasteiger partial charge on any atom is -0.493 e. The van der Waals surface area contributed by atoms with E-state index < -0.39 is 11.6 Å². The monoisotopic (exact) mass is 545 g/mol. The summed E-state index contributed by atoms with van der Waals surface area (Å²) in [5.41, 5.74) is 9.61. The van der Waals surface area contributed by atoms with Crippen molar-refractivity contribution >= 4 is 0 Å². The summed E-state index contributed by atoms with van der Waals surface area (Å²) in [6.07, 6.45) is 3.89. The van der Waals surface area contributed by atoms with E-state index in [4.69, 9.17) is 15.2 Å². The van der Waals surface area contributed by atoms with Crippen LogP contribution in [-0.4, -0.2) is 18.3 Å². The van der Waals surface area contributed by atoms with Crippen molar-refractivity contribution in [3.63, 3.8) is 0 Å². The van der Waals surface area contributed by atoms with E-state index in [0.717, 1.165) is 42.4 Å². The molecule has 0 aliphatic rings. The average molecular weight is 546 g/mol. The second-order valence-corrected chi connectivity index (χ2v) is 13.0. The first-order chi connectivity index (χ1) is 18.8. The number of ether oxygens (including phenoxy) is 2. The Morgan fingerprint density at radius 3 is 1.48 bits per heavy atom. The highest BCUT2D eigenvalue weighted by atomic mass is 16.5. The van der Waals surface area contributed by atoms with Crippen molar-refractivity contribution in [3.05, 3.63) is 94.5 Å². The van der Waals surface area contributed by atoms with Crippen molar-refractivity contribution in [1.29, 1.82) is 0 Å². The smallest absolute Gasteiger partial charge is 0.141 e. The third kappa shape index (κ3) is 7.27. The summed E-state index contributed by atoms with van der Waals surface area (Å²) in [4.78, 5) is 0. The van der Waals surface area contributed by atoms with Crippen molar-refractivity contribution < 1.29 is 14.6 Å². The molecule has 218 valence electrons. The Morgan fingerprint density at radius 1 is 0.675 bits per heavy atom. The van der Waals surface area contributed by atoms with E-state index in [1.807, 2.05) is 42.5 Å². The van der Waals surface area contributed by atoms with Crippen LogP contribution in [0.3, 0.4) is 0 Å². The molecule has 40 heavy (non-hydrogen) atoms. The zero-order valence-corrected chi connectivity index (χ0v) is 26.0. The first-order valence-corrected chi connectivity index (χ1v) is 14.9. The van der Waals surface area contributed by atoms with E-state index in [-0.39, 0.29) is 10.8 Å². The molecule has 4 heteroatoms. The van der Waals surface area contributed by atoms with Gasteiger partial charge in [0.05, 0.1) is 19.3 Å². The van der Waals surface area contributed by atoms with Crippen molar-refractivity contribution in [1.82, 2.24) is 0 Å². The van der Waals surface area contributed by atoms with Crippen LogP contribution in [0.2, 0.25) is 0 Å². The molecule has 0 heterocycles. The topological polar surface area (TPSA) is 64.7 Å². The van der Waals surface area contributed by atoms with E-state index in [0.29, 0.717) is 35.8 Å². The molecular formula is C36H51NO3. The maximum atomic E-state index is 13.2. The highest BCUT2D eigenvalue weighted by Crippen LogP contribution is 2.49. The molecule has 0 radical (unpaired) electrons. The zero-order chi connectivity index (χ0) is 29.6. The summed E-state index contributed by atoms with van der Waals surface area (Å²) in [6, 6.07) is 21.4. The quantitative estimate of drug-likeness (QED) is 0.224. The van der Waals surface area contributed by atoms with Gasteiger partial charge < -0.3 is 20.3 Å². The maximum absolute atomic E-state index is 13.2. The van der Waals surface area contributed by atoms with Gasteiger partial charge in [-0.3, -0.25) is 0 Å². The number of hydrogen-bond donors (Lipinski definition) is 2.